The number of hydrogen-bond donors (Lipinski definition) is 1. The van der Waals surface area contributed by atoms with Crippen molar-refractivity contribution in [1.82, 2.24) is 4.98 Å². The highest BCUT2D eigenvalue weighted by Crippen LogP contribution is 2.48. The molecule has 0 amide bonds. The van der Waals surface area contributed by atoms with E-state index in [4.69, 9.17) is 11.6 Å². The maximum atomic E-state index is 11.2. The molecule has 1 unspecified atom stereocenters. The van der Waals surface area contributed by atoms with E-state index in [0.717, 1.165) is 54.8 Å². The molecular weight excluding hydrogens is 462 g/mol. The summed E-state index contributed by atoms with van der Waals surface area (Å²) in [6.07, 6.45) is 7.62. The summed E-state index contributed by atoms with van der Waals surface area (Å²) in [4.78, 5) is 17.8. The Morgan fingerprint density at radius 1 is 1.30 bits per heavy atom. The van der Waals surface area contributed by atoms with E-state index >= 15 is 0 Å². The van der Waals surface area contributed by atoms with E-state index in [0.29, 0.717) is 11.4 Å². The molecule has 1 aliphatic heterocycles. The van der Waals surface area contributed by atoms with Crippen molar-refractivity contribution in [2.45, 2.75) is 57.8 Å². The molecule has 1 aromatic heterocycles. The molecule has 1 aliphatic rings. The highest BCUT2D eigenvalue weighted by Gasteiger charge is 2.41. The molecule has 0 fully saturated rings. The van der Waals surface area contributed by atoms with Gasteiger partial charge >= 0.3 is 0 Å². The lowest BCUT2D eigenvalue weighted by atomic mass is 9.75. The first kappa shape index (κ1) is 22.8. The molecule has 1 N–H and O–H groups in total. The summed E-state index contributed by atoms with van der Waals surface area (Å²) in [7, 11) is 0. The van der Waals surface area contributed by atoms with Crippen LogP contribution in [0.3, 0.4) is 0 Å². The predicted molar refractivity (Wildman–Crippen MR) is 129 cm³/mol. The largest absolute Gasteiger partial charge is 0.327 e. The molecule has 30 heavy (non-hydrogen) atoms. The van der Waals surface area contributed by atoms with Crippen LogP contribution in [0.2, 0.25) is 5.02 Å². The van der Waals surface area contributed by atoms with E-state index in [2.05, 4.69) is 62.8 Å². The van der Waals surface area contributed by atoms with Gasteiger partial charge in [0, 0.05) is 34.7 Å². The van der Waals surface area contributed by atoms with Gasteiger partial charge < -0.3 is 15.0 Å². The fraction of sp³-hybridized carbons (Fsp3) is 0.417. The number of rotatable bonds is 10. The lowest BCUT2D eigenvalue weighted by molar-refractivity contribution is -0.117. The van der Waals surface area contributed by atoms with Gasteiger partial charge in [-0.25, -0.2) is 4.98 Å². The molecule has 0 bridgehead atoms. The Bertz CT molecular complexity index is 915. The molecule has 6 heteroatoms. The average molecular weight is 491 g/mol. The van der Waals surface area contributed by atoms with Gasteiger partial charge in [-0.3, -0.25) is 0 Å². The third kappa shape index (κ3) is 5.25. The van der Waals surface area contributed by atoms with Gasteiger partial charge in [0.15, 0.2) is 0 Å². The third-order valence-electron chi connectivity index (χ3n) is 5.97. The summed E-state index contributed by atoms with van der Waals surface area (Å²) < 4.78 is 1.09. The van der Waals surface area contributed by atoms with Crippen LogP contribution in [-0.4, -0.2) is 17.3 Å². The van der Waals surface area contributed by atoms with E-state index in [-0.39, 0.29) is 11.2 Å². The number of aromatic nitrogens is 1. The molecule has 1 atom stereocenters. The maximum absolute atomic E-state index is 11.2. The number of nitrogens with one attached hydrogen (secondary N) is 1. The van der Waals surface area contributed by atoms with Crippen molar-refractivity contribution in [2.24, 2.45) is 0 Å². The molecular formula is C24H29BrClN3O. The standard InChI is InChI=1S/C24H29BrClN3O/c1-4-24(13-7-5-6-8-17(2)30)16-29(22-11-9-19(25)14-21(22)24)18(3)28-23-12-10-20(26)15-27-23/h9-12,14-15H,3-8,13,16H2,1-2H3,(H,27,28). The van der Waals surface area contributed by atoms with Gasteiger partial charge in [0.25, 0.3) is 0 Å². The van der Waals surface area contributed by atoms with Gasteiger partial charge in [-0.15, -0.1) is 0 Å². The summed E-state index contributed by atoms with van der Waals surface area (Å²) in [5, 5.41) is 3.94. The van der Waals surface area contributed by atoms with Crippen LogP contribution < -0.4 is 10.2 Å². The molecule has 3 rings (SSSR count). The van der Waals surface area contributed by atoms with Gasteiger partial charge in [-0.05, 0) is 62.1 Å². The SMILES string of the molecule is C=C(Nc1ccc(Cl)cn1)N1CC(CC)(CCCCCC(C)=O)c2cc(Br)ccc21. The first-order valence-corrected chi connectivity index (χ1v) is 11.7. The van der Waals surface area contributed by atoms with Crippen LogP contribution >= 0.6 is 27.5 Å². The number of unbranched alkanes of at least 4 members (excludes halogenated alkanes) is 2. The molecule has 0 radical (unpaired) electrons. The predicted octanol–water partition coefficient (Wildman–Crippen LogP) is 7.09. The second kappa shape index (κ2) is 9.97. The highest BCUT2D eigenvalue weighted by atomic mass is 79.9. The van der Waals surface area contributed by atoms with Crippen molar-refractivity contribution in [3.63, 3.8) is 0 Å². The second-order valence-electron chi connectivity index (χ2n) is 8.08. The molecule has 0 spiro atoms. The van der Waals surface area contributed by atoms with E-state index in [1.807, 2.05) is 12.1 Å². The number of ketones is 1. The van der Waals surface area contributed by atoms with Crippen molar-refractivity contribution in [3.8, 4) is 0 Å². The number of fused-ring (bicyclic) bond motifs is 1. The number of halogens is 2. The molecule has 0 saturated carbocycles. The summed E-state index contributed by atoms with van der Waals surface area (Å²) >= 11 is 9.61. The quantitative estimate of drug-likeness (QED) is 0.361. The van der Waals surface area contributed by atoms with E-state index < -0.39 is 0 Å². The molecule has 2 heterocycles. The Hall–Kier alpha value is -1.85. The molecule has 4 nitrogen and oxygen atoms in total. The van der Waals surface area contributed by atoms with E-state index in [1.165, 1.54) is 11.3 Å². The number of benzene rings is 1. The first-order chi connectivity index (χ1) is 14.3. The van der Waals surface area contributed by atoms with Crippen molar-refractivity contribution in [1.29, 1.82) is 0 Å². The van der Waals surface area contributed by atoms with Crippen LogP contribution in [0.4, 0.5) is 11.5 Å². The summed E-state index contributed by atoms with van der Waals surface area (Å²) in [6, 6.07) is 10.2. The van der Waals surface area contributed by atoms with Crippen LogP contribution in [0.25, 0.3) is 0 Å². The lowest BCUT2D eigenvalue weighted by Gasteiger charge is -2.30. The number of hydrogen-bond acceptors (Lipinski definition) is 4. The Kier molecular flexibility index (Phi) is 7.59. The van der Waals surface area contributed by atoms with Gasteiger partial charge in [0.2, 0.25) is 0 Å². The van der Waals surface area contributed by atoms with Gasteiger partial charge in [-0.2, -0.15) is 0 Å². The minimum absolute atomic E-state index is 0.0629. The number of carbonyl (C=O) groups is 1. The van der Waals surface area contributed by atoms with E-state index in [1.54, 1.807) is 13.1 Å². The maximum Gasteiger partial charge on any atom is 0.131 e. The van der Waals surface area contributed by atoms with Crippen molar-refractivity contribution >= 4 is 44.8 Å². The number of nitrogens with zero attached hydrogens (tertiary/aromatic N) is 2. The zero-order valence-corrected chi connectivity index (χ0v) is 20.0. The van der Waals surface area contributed by atoms with Gasteiger partial charge in [0.1, 0.15) is 17.4 Å². The molecule has 2 aromatic rings. The minimum Gasteiger partial charge on any atom is -0.327 e. The zero-order valence-electron chi connectivity index (χ0n) is 17.7. The molecule has 0 saturated heterocycles. The van der Waals surface area contributed by atoms with E-state index in [9.17, 15) is 4.79 Å². The smallest absolute Gasteiger partial charge is 0.131 e. The number of Topliss-reactive ketones (excluding diaryl/α,β-unsaturated/α-hetero) is 1. The Morgan fingerprint density at radius 2 is 2.10 bits per heavy atom. The molecule has 0 aliphatic carbocycles. The van der Waals surface area contributed by atoms with Crippen LogP contribution in [0, 0.1) is 0 Å². The monoisotopic (exact) mass is 489 g/mol. The average Bonchev–Trinajstić information content (AvgIpc) is 3.03. The molecule has 160 valence electrons. The second-order valence-corrected chi connectivity index (χ2v) is 9.43. The number of pyridine rings is 1. The first-order valence-electron chi connectivity index (χ1n) is 10.5. The highest BCUT2D eigenvalue weighted by molar-refractivity contribution is 9.10. The fourth-order valence-corrected chi connectivity index (χ4v) is 4.73. The fourth-order valence-electron chi connectivity index (χ4n) is 4.25. The Morgan fingerprint density at radius 3 is 2.77 bits per heavy atom. The van der Waals surface area contributed by atoms with Crippen LogP contribution in [0.15, 0.2) is 53.4 Å². The summed E-state index contributed by atoms with van der Waals surface area (Å²) in [5.41, 5.74) is 2.61. The number of carbonyl (C=O) groups excluding carboxylic acids is 1. The third-order valence-corrected chi connectivity index (χ3v) is 6.68. The Labute approximate surface area is 192 Å². The van der Waals surface area contributed by atoms with Crippen molar-refractivity contribution < 1.29 is 4.79 Å². The van der Waals surface area contributed by atoms with Crippen LogP contribution in [0.5, 0.6) is 0 Å². The van der Waals surface area contributed by atoms with Crippen LogP contribution in [-0.2, 0) is 10.2 Å². The molecule has 1 aromatic carbocycles. The normalized spacial score (nSPS) is 17.7. The van der Waals surface area contributed by atoms with Crippen LogP contribution in [0.1, 0.15) is 57.9 Å². The topological polar surface area (TPSA) is 45.2 Å². The van der Waals surface area contributed by atoms with Gasteiger partial charge in [-0.1, -0.05) is 53.9 Å². The van der Waals surface area contributed by atoms with Crippen molar-refractivity contribution in [3.05, 3.63) is 64.0 Å². The van der Waals surface area contributed by atoms with Gasteiger partial charge in [0.05, 0.1) is 5.02 Å². The summed E-state index contributed by atoms with van der Waals surface area (Å²) in [6.45, 7) is 9.11. The number of anilines is 2. The zero-order chi connectivity index (χ0) is 21.7. The summed E-state index contributed by atoms with van der Waals surface area (Å²) in [5.74, 6) is 1.81. The van der Waals surface area contributed by atoms with Crippen molar-refractivity contribution in [2.75, 3.05) is 16.8 Å². The Balaban J connectivity index is 1.78. The lowest BCUT2D eigenvalue weighted by Crippen LogP contribution is -2.34. The minimum atomic E-state index is 0.0629.